The molecule has 1 aromatic carbocycles. The first-order chi connectivity index (χ1) is 12.6. The molecule has 0 radical (unpaired) electrons. The van der Waals surface area contributed by atoms with Crippen LogP contribution in [0.2, 0.25) is 0 Å². The molecule has 0 unspecified atom stereocenters. The topological polar surface area (TPSA) is 56.7 Å². The van der Waals surface area contributed by atoms with Crippen LogP contribution in [0.3, 0.4) is 0 Å². The van der Waals surface area contributed by atoms with E-state index in [1.54, 1.807) is 6.20 Å². The second kappa shape index (κ2) is 8.92. The Bertz CT molecular complexity index is 693. The molecule has 2 atom stereocenters. The summed E-state index contributed by atoms with van der Waals surface area (Å²) in [6.45, 7) is 2.33. The summed E-state index contributed by atoms with van der Waals surface area (Å²) in [4.78, 5) is 20.7. The van der Waals surface area contributed by atoms with Crippen LogP contribution < -0.4 is 0 Å². The number of piperidine rings is 1. The molecular weight excluding hydrogens is 326 g/mol. The number of rotatable bonds is 6. The van der Waals surface area contributed by atoms with E-state index >= 15 is 0 Å². The summed E-state index contributed by atoms with van der Waals surface area (Å²) in [7, 11) is 1.95. The summed E-state index contributed by atoms with van der Waals surface area (Å²) >= 11 is 0. The first kappa shape index (κ1) is 18.5. The summed E-state index contributed by atoms with van der Waals surface area (Å²) in [5.41, 5.74) is 2.30. The van der Waals surface area contributed by atoms with Gasteiger partial charge in [-0.15, -0.1) is 0 Å². The van der Waals surface area contributed by atoms with Crippen LogP contribution in [0.5, 0.6) is 0 Å². The van der Waals surface area contributed by atoms with Gasteiger partial charge in [0.1, 0.15) is 0 Å². The maximum absolute atomic E-state index is 12.7. The smallest absolute Gasteiger partial charge is 0.236 e. The number of likely N-dealkylation sites (N-methyl/N-ethyl adjacent to an activating group) is 1. The molecule has 2 heterocycles. The Morgan fingerprint density at radius 2 is 2.00 bits per heavy atom. The molecule has 1 saturated heterocycles. The third-order valence-corrected chi connectivity index (χ3v) is 4.97. The minimum Gasteiger partial charge on any atom is -0.393 e. The third kappa shape index (κ3) is 5.13. The van der Waals surface area contributed by atoms with Crippen LogP contribution in [-0.4, -0.2) is 58.6 Å². The number of amides is 1. The quantitative estimate of drug-likeness (QED) is 0.863. The van der Waals surface area contributed by atoms with E-state index in [4.69, 9.17) is 0 Å². The van der Waals surface area contributed by atoms with Crippen LogP contribution in [0.1, 0.15) is 17.5 Å². The van der Waals surface area contributed by atoms with Crippen molar-refractivity contribution >= 4 is 5.91 Å². The van der Waals surface area contributed by atoms with Crippen molar-refractivity contribution in [1.29, 1.82) is 0 Å². The van der Waals surface area contributed by atoms with E-state index in [9.17, 15) is 9.90 Å². The van der Waals surface area contributed by atoms with Crippen molar-refractivity contribution in [2.45, 2.75) is 25.5 Å². The fourth-order valence-electron chi connectivity index (χ4n) is 3.55. The number of carbonyl (C=O) groups excluding carboxylic acids is 1. The number of aromatic nitrogens is 1. The standard InChI is InChI=1S/C21H27N3O2/c1-23(14-18-8-5-10-22-13-18)16-21(26)24-11-9-20(25)19(15-24)12-17-6-3-2-4-7-17/h2-8,10,13,19-20,25H,9,11-12,14-16H2,1H3/t19-,20+/m1/s1. The second-order valence-electron chi connectivity index (χ2n) is 7.18. The van der Waals surface area contributed by atoms with Gasteiger partial charge in [0.25, 0.3) is 0 Å². The number of hydrogen-bond acceptors (Lipinski definition) is 4. The molecule has 5 heteroatoms. The normalized spacial score (nSPS) is 20.3. The lowest BCUT2D eigenvalue weighted by Crippen LogP contribution is -2.49. The van der Waals surface area contributed by atoms with E-state index in [2.05, 4.69) is 17.1 Å². The molecule has 5 nitrogen and oxygen atoms in total. The first-order valence-corrected chi connectivity index (χ1v) is 9.19. The molecule has 1 aromatic heterocycles. The van der Waals surface area contributed by atoms with Crippen molar-refractivity contribution in [3.63, 3.8) is 0 Å². The first-order valence-electron chi connectivity index (χ1n) is 9.19. The maximum atomic E-state index is 12.7. The molecule has 3 rings (SSSR count). The van der Waals surface area contributed by atoms with Crippen molar-refractivity contribution in [2.24, 2.45) is 5.92 Å². The highest BCUT2D eigenvalue weighted by Gasteiger charge is 2.30. The molecule has 1 N–H and O–H groups in total. The minimum absolute atomic E-state index is 0.0960. The van der Waals surface area contributed by atoms with Gasteiger partial charge in [0, 0.05) is 37.9 Å². The Kier molecular flexibility index (Phi) is 6.36. The number of carbonyl (C=O) groups is 1. The van der Waals surface area contributed by atoms with Gasteiger partial charge >= 0.3 is 0 Å². The molecule has 1 amide bonds. The number of hydrogen-bond donors (Lipinski definition) is 1. The zero-order valence-corrected chi connectivity index (χ0v) is 15.3. The number of aliphatic hydroxyl groups is 1. The van der Waals surface area contributed by atoms with Crippen LogP contribution in [0.4, 0.5) is 0 Å². The summed E-state index contributed by atoms with van der Waals surface area (Å²) < 4.78 is 0. The van der Waals surface area contributed by atoms with Crippen LogP contribution >= 0.6 is 0 Å². The molecule has 1 fully saturated rings. The molecule has 0 bridgehead atoms. The summed E-state index contributed by atoms with van der Waals surface area (Å²) in [6, 6.07) is 14.1. The predicted molar refractivity (Wildman–Crippen MR) is 101 cm³/mol. The van der Waals surface area contributed by atoms with Crippen LogP contribution in [-0.2, 0) is 17.8 Å². The van der Waals surface area contributed by atoms with Gasteiger partial charge in [-0.2, -0.15) is 0 Å². The highest BCUT2D eigenvalue weighted by molar-refractivity contribution is 5.78. The number of likely N-dealkylation sites (tertiary alicyclic amines) is 1. The van der Waals surface area contributed by atoms with E-state index in [1.807, 2.05) is 53.4 Å². The Labute approximate surface area is 155 Å². The van der Waals surface area contributed by atoms with Crippen LogP contribution in [0.15, 0.2) is 54.9 Å². The average Bonchev–Trinajstić information content (AvgIpc) is 2.65. The zero-order valence-electron chi connectivity index (χ0n) is 15.3. The van der Waals surface area contributed by atoms with Crippen LogP contribution in [0.25, 0.3) is 0 Å². The molecule has 0 saturated carbocycles. The Morgan fingerprint density at radius 3 is 2.73 bits per heavy atom. The molecule has 2 aromatic rings. The minimum atomic E-state index is -0.340. The fraction of sp³-hybridized carbons (Fsp3) is 0.429. The van der Waals surface area contributed by atoms with Gasteiger partial charge in [-0.3, -0.25) is 14.7 Å². The third-order valence-electron chi connectivity index (χ3n) is 4.97. The zero-order chi connectivity index (χ0) is 18.4. The van der Waals surface area contributed by atoms with Gasteiger partial charge in [-0.1, -0.05) is 36.4 Å². The van der Waals surface area contributed by atoms with E-state index in [0.29, 0.717) is 32.6 Å². The van der Waals surface area contributed by atoms with Crippen molar-refractivity contribution in [3.05, 3.63) is 66.0 Å². The van der Waals surface area contributed by atoms with Gasteiger partial charge in [0.05, 0.1) is 12.6 Å². The maximum Gasteiger partial charge on any atom is 0.236 e. The number of aliphatic hydroxyl groups excluding tert-OH is 1. The molecule has 1 aliphatic heterocycles. The Balaban J connectivity index is 1.53. The lowest BCUT2D eigenvalue weighted by molar-refractivity contribution is -0.136. The van der Waals surface area contributed by atoms with Gasteiger partial charge in [0.2, 0.25) is 5.91 Å². The molecule has 138 valence electrons. The lowest BCUT2D eigenvalue weighted by Gasteiger charge is -2.37. The number of nitrogens with zero attached hydrogens (tertiary/aromatic N) is 3. The van der Waals surface area contributed by atoms with E-state index in [0.717, 1.165) is 12.0 Å². The highest BCUT2D eigenvalue weighted by Crippen LogP contribution is 2.22. The van der Waals surface area contributed by atoms with Gasteiger partial charge in [-0.25, -0.2) is 0 Å². The van der Waals surface area contributed by atoms with E-state index in [-0.39, 0.29) is 17.9 Å². The fourth-order valence-corrected chi connectivity index (χ4v) is 3.55. The molecule has 1 aliphatic rings. The van der Waals surface area contributed by atoms with Gasteiger partial charge in [0.15, 0.2) is 0 Å². The van der Waals surface area contributed by atoms with Crippen molar-refractivity contribution in [2.75, 3.05) is 26.7 Å². The van der Waals surface area contributed by atoms with Gasteiger partial charge < -0.3 is 10.0 Å². The number of pyridine rings is 1. The summed E-state index contributed by atoms with van der Waals surface area (Å²) in [5.74, 6) is 0.222. The molecular formula is C21H27N3O2. The lowest BCUT2D eigenvalue weighted by atomic mass is 9.88. The monoisotopic (exact) mass is 353 g/mol. The van der Waals surface area contributed by atoms with Crippen molar-refractivity contribution in [3.8, 4) is 0 Å². The Morgan fingerprint density at radius 1 is 1.23 bits per heavy atom. The summed E-state index contributed by atoms with van der Waals surface area (Å²) in [5, 5.41) is 10.4. The highest BCUT2D eigenvalue weighted by atomic mass is 16.3. The second-order valence-corrected chi connectivity index (χ2v) is 7.18. The van der Waals surface area contributed by atoms with Gasteiger partial charge in [-0.05, 0) is 37.1 Å². The van der Waals surface area contributed by atoms with E-state index in [1.165, 1.54) is 5.56 Å². The van der Waals surface area contributed by atoms with E-state index < -0.39 is 0 Å². The summed E-state index contributed by atoms with van der Waals surface area (Å²) in [6.07, 6.45) is 4.69. The van der Waals surface area contributed by atoms with Crippen LogP contribution in [0, 0.1) is 5.92 Å². The number of benzene rings is 1. The SMILES string of the molecule is CN(CC(=O)N1CC[C@H](O)[C@H](Cc2ccccc2)C1)Cc1cccnc1. The molecule has 0 aliphatic carbocycles. The largest absolute Gasteiger partial charge is 0.393 e. The molecule has 0 spiro atoms. The Hall–Kier alpha value is -2.24. The molecule has 26 heavy (non-hydrogen) atoms. The van der Waals surface area contributed by atoms with Crippen molar-refractivity contribution in [1.82, 2.24) is 14.8 Å². The average molecular weight is 353 g/mol. The predicted octanol–water partition coefficient (Wildman–Crippen LogP) is 1.97. The van der Waals surface area contributed by atoms with Crippen molar-refractivity contribution < 1.29 is 9.90 Å².